The normalized spacial score (nSPS) is 11.4. The van der Waals surface area contributed by atoms with Crippen LogP contribution >= 0.6 is 11.6 Å². The van der Waals surface area contributed by atoms with E-state index in [0.29, 0.717) is 23.6 Å². The molecule has 0 fully saturated rings. The summed E-state index contributed by atoms with van der Waals surface area (Å²) in [5.74, 6) is 0.643. The van der Waals surface area contributed by atoms with Crippen LogP contribution in [0.15, 0.2) is 18.2 Å². The molecule has 4 heteroatoms. The molecule has 19 heavy (non-hydrogen) atoms. The predicted octanol–water partition coefficient (Wildman–Crippen LogP) is 3.48. The highest BCUT2D eigenvalue weighted by molar-refractivity contribution is 6.17. The van der Waals surface area contributed by atoms with Crippen LogP contribution in [0.1, 0.15) is 42.6 Å². The second-order valence-corrected chi connectivity index (χ2v) is 5.97. The van der Waals surface area contributed by atoms with Gasteiger partial charge in [0.15, 0.2) is 0 Å². The summed E-state index contributed by atoms with van der Waals surface area (Å²) in [5, 5.41) is 12.5. The van der Waals surface area contributed by atoms with Crippen LogP contribution < -0.4 is 5.32 Å². The first-order valence-electron chi connectivity index (χ1n) is 6.50. The first kappa shape index (κ1) is 15.8. The number of benzene rings is 1. The molecule has 0 aliphatic rings. The van der Waals surface area contributed by atoms with Crippen molar-refractivity contribution in [1.82, 2.24) is 5.32 Å². The van der Waals surface area contributed by atoms with Gasteiger partial charge < -0.3 is 10.4 Å². The van der Waals surface area contributed by atoms with E-state index >= 15 is 0 Å². The number of halogens is 1. The molecule has 1 aromatic rings. The van der Waals surface area contributed by atoms with E-state index in [1.165, 1.54) is 0 Å². The van der Waals surface area contributed by atoms with Crippen LogP contribution in [0.2, 0.25) is 0 Å². The summed E-state index contributed by atoms with van der Waals surface area (Å²) in [6.45, 7) is 6.55. The summed E-state index contributed by atoms with van der Waals surface area (Å²) in [4.78, 5) is 12.1. The smallest absolute Gasteiger partial charge is 0.251 e. The molecule has 1 amide bonds. The van der Waals surface area contributed by atoms with Gasteiger partial charge in [0.25, 0.3) is 5.91 Å². The maximum Gasteiger partial charge on any atom is 0.251 e. The molecule has 0 saturated carbocycles. The predicted molar refractivity (Wildman–Crippen MR) is 78.9 cm³/mol. The number of aromatic hydroxyl groups is 1. The molecule has 0 aliphatic heterocycles. The summed E-state index contributed by atoms with van der Waals surface area (Å²) in [6.07, 6.45) is 1.91. The molecule has 1 aromatic carbocycles. The summed E-state index contributed by atoms with van der Waals surface area (Å²) >= 11 is 5.69. The summed E-state index contributed by atoms with van der Waals surface area (Å²) < 4.78 is 0. The fourth-order valence-corrected chi connectivity index (χ4v) is 2.05. The minimum atomic E-state index is -0.146. The highest BCUT2D eigenvalue weighted by atomic mass is 35.5. The molecule has 0 atom stereocenters. The van der Waals surface area contributed by atoms with Crippen molar-refractivity contribution >= 4 is 17.5 Å². The van der Waals surface area contributed by atoms with Crippen LogP contribution in [-0.4, -0.2) is 23.4 Å². The average molecular weight is 284 g/mol. The minimum Gasteiger partial charge on any atom is -0.508 e. The van der Waals surface area contributed by atoms with Gasteiger partial charge in [0.2, 0.25) is 0 Å². The van der Waals surface area contributed by atoms with Crippen molar-refractivity contribution in [3.05, 3.63) is 29.3 Å². The molecule has 0 unspecified atom stereocenters. The third kappa shape index (κ3) is 4.75. The number of phenols is 1. The quantitative estimate of drug-likeness (QED) is 0.785. The Hall–Kier alpha value is -1.22. The standard InChI is InChI=1S/C15H22ClNO2/c1-11-12(6-4-7-13(11)18)14(19)17-10-15(2,3)8-5-9-16/h4,6-7,18H,5,8-10H2,1-3H3,(H,17,19). The lowest BCUT2D eigenvalue weighted by atomic mass is 9.88. The Kier molecular flexibility index (Phi) is 5.67. The van der Waals surface area contributed by atoms with Gasteiger partial charge in [-0.2, -0.15) is 0 Å². The van der Waals surface area contributed by atoms with Crippen molar-refractivity contribution in [2.24, 2.45) is 5.41 Å². The summed E-state index contributed by atoms with van der Waals surface area (Å²) in [6, 6.07) is 4.97. The van der Waals surface area contributed by atoms with Gasteiger partial charge in [-0.25, -0.2) is 0 Å². The lowest BCUT2D eigenvalue weighted by molar-refractivity contribution is 0.0933. The van der Waals surface area contributed by atoms with E-state index in [2.05, 4.69) is 19.2 Å². The Balaban J connectivity index is 2.63. The molecular weight excluding hydrogens is 262 g/mol. The number of nitrogens with one attached hydrogen (secondary N) is 1. The molecule has 1 rings (SSSR count). The third-order valence-electron chi connectivity index (χ3n) is 3.26. The number of carbonyl (C=O) groups excluding carboxylic acids is 1. The van der Waals surface area contributed by atoms with E-state index < -0.39 is 0 Å². The lowest BCUT2D eigenvalue weighted by Crippen LogP contribution is -2.34. The van der Waals surface area contributed by atoms with E-state index in [-0.39, 0.29) is 17.1 Å². The molecule has 0 aromatic heterocycles. The van der Waals surface area contributed by atoms with Crippen LogP contribution in [0.3, 0.4) is 0 Å². The van der Waals surface area contributed by atoms with Gasteiger partial charge in [-0.05, 0) is 37.3 Å². The zero-order valence-electron chi connectivity index (χ0n) is 11.8. The molecular formula is C15H22ClNO2. The monoisotopic (exact) mass is 283 g/mol. The number of alkyl halides is 1. The molecule has 0 spiro atoms. The average Bonchev–Trinajstić information content (AvgIpc) is 2.37. The maximum atomic E-state index is 12.1. The highest BCUT2D eigenvalue weighted by Crippen LogP contribution is 2.23. The second-order valence-electron chi connectivity index (χ2n) is 5.59. The van der Waals surface area contributed by atoms with E-state index in [4.69, 9.17) is 11.6 Å². The van der Waals surface area contributed by atoms with Crippen molar-refractivity contribution in [3.63, 3.8) is 0 Å². The van der Waals surface area contributed by atoms with Crippen LogP contribution in [0, 0.1) is 12.3 Å². The summed E-state index contributed by atoms with van der Waals surface area (Å²) in [7, 11) is 0. The van der Waals surface area contributed by atoms with E-state index in [1.54, 1.807) is 25.1 Å². The topological polar surface area (TPSA) is 49.3 Å². The molecule has 0 saturated heterocycles. The number of hydrogen-bond acceptors (Lipinski definition) is 2. The van der Waals surface area contributed by atoms with Crippen molar-refractivity contribution < 1.29 is 9.90 Å². The molecule has 0 bridgehead atoms. The van der Waals surface area contributed by atoms with Crippen LogP contribution in [0.5, 0.6) is 5.75 Å². The Morgan fingerprint density at radius 3 is 2.74 bits per heavy atom. The second kappa shape index (κ2) is 6.80. The van der Waals surface area contributed by atoms with Gasteiger partial charge in [-0.3, -0.25) is 4.79 Å². The van der Waals surface area contributed by atoms with E-state index in [9.17, 15) is 9.90 Å². The molecule has 0 radical (unpaired) electrons. The Morgan fingerprint density at radius 2 is 2.11 bits per heavy atom. The number of carbonyl (C=O) groups is 1. The van der Waals surface area contributed by atoms with E-state index in [1.807, 2.05) is 0 Å². The third-order valence-corrected chi connectivity index (χ3v) is 3.53. The lowest BCUT2D eigenvalue weighted by Gasteiger charge is -2.24. The Morgan fingerprint density at radius 1 is 1.42 bits per heavy atom. The number of amides is 1. The zero-order valence-corrected chi connectivity index (χ0v) is 12.5. The van der Waals surface area contributed by atoms with Crippen molar-refractivity contribution in [3.8, 4) is 5.75 Å². The largest absolute Gasteiger partial charge is 0.508 e. The highest BCUT2D eigenvalue weighted by Gasteiger charge is 2.19. The van der Waals surface area contributed by atoms with Gasteiger partial charge >= 0.3 is 0 Å². The van der Waals surface area contributed by atoms with Gasteiger partial charge in [-0.1, -0.05) is 19.9 Å². The number of phenolic OH excluding ortho intramolecular Hbond substituents is 1. The number of hydrogen-bond donors (Lipinski definition) is 2. The fourth-order valence-electron chi connectivity index (χ4n) is 1.92. The van der Waals surface area contributed by atoms with Crippen LogP contribution in [-0.2, 0) is 0 Å². The minimum absolute atomic E-state index is 0.0231. The Bertz CT molecular complexity index is 444. The molecule has 0 aliphatic carbocycles. The molecule has 106 valence electrons. The van der Waals surface area contributed by atoms with Crippen LogP contribution in [0.4, 0.5) is 0 Å². The van der Waals surface area contributed by atoms with Gasteiger partial charge in [0, 0.05) is 23.6 Å². The molecule has 2 N–H and O–H groups in total. The maximum absolute atomic E-state index is 12.1. The first-order chi connectivity index (χ1) is 8.87. The van der Waals surface area contributed by atoms with Crippen molar-refractivity contribution in [1.29, 1.82) is 0 Å². The van der Waals surface area contributed by atoms with Gasteiger partial charge in [0.05, 0.1) is 0 Å². The van der Waals surface area contributed by atoms with E-state index in [0.717, 1.165) is 12.8 Å². The molecule has 0 heterocycles. The Labute approximate surface area is 120 Å². The summed E-state index contributed by atoms with van der Waals surface area (Å²) in [5.41, 5.74) is 1.15. The van der Waals surface area contributed by atoms with Crippen molar-refractivity contribution in [2.75, 3.05) is 12.4 Å². The van der Waals surface area contributed by atoms with Crippen LogP contribution in [0.25, 0.3) is 0 Å². The van der Waals surface area contributed by atoms with Gasteiger partial charge in [-0.15, -0.1) is 11.6 Å². The van der Waals surface area contributed by atoms with Crippen molar-refractivity contribution in [2.45, 2.75) is 33.6 Å². The fraction of sp³-hybridized carbons (Fsp3) is 0.533. The van der Waals surface area contributed by atoms with Gasteiger partial charge in [0.1, 0.15) is 5.75 Å². The SMILES string of the molecule is Cc1c(O)cccc1C(=O)NCC(C)(C)CCCCl. The first-order valence-corrected chi connectivity index (χ1v) is 7.03. The number of rotatable bonds is 6. The zero-order chi connectivity index (χ0) is 14.5. The molecule has 3 nitrogen and oxygen atoms in total.